The van der Waals surface area contributed by atoms with E-state index in [9.17, 15) is 0 Å². The van der Waals surface area contributed by atoms with E-state index in [1.807, 2.05) is 0 Å². The van der Waals surface area contributed by atoms with Crippen LogP contribution in [-0.4, -0.2) is 4.57 Å². The SMILES string of the molecule is C1=Cc2cccc(-c3ccc(-c4ccc(-c5ccccc5)n4-c4ccccc4)c4ccccc34)c2C=CC1. The van der Waals surface area contributed by atoms with Crippen molar-refractivity contribution in [1.82, 2.24) is 4.57 Å². The van der Waals surface area contributed by atoms with Crippen LogP contribution >= 0.6 is 0 Å². The van der Waals surface area contributed by atoms with Crippen molar-refractivity contribution in [2.45, 2.75) is 6.42 Å². The lowest BCUT2D eigenvalue weighted by Gasteiger charge is -2.18. The minimum Gasteiger partial charge on any atom is -0.309 e. The molecule has 7 rings (SSSR count). The molecule has 1 aromatic heterocycles. The van der Waals surface area contributed by atoms with Crippen LogP contribution in [0, 0.1) is 0 Å². The van der Waals surface area contributed by atoms with Crippen LogP contribution < -0.4 is 0 Å². The van der Waals surface area contributed by atoms with Crippen LogP contribution in [0.4, 0.5) is 0 Å². The van der Waals surface area contributed by atoms with Crippen LogP contribution in [0.1, 0.15) is 17.5 Å². The molecule has 0 saturated carbocycles. The summed E-state index contributed by atoms with van der Waals surface area (Å²) < 4.78 is 2.39. The van der Waals surface area contributed by atoms with Gasteiger partial charge >= 0.3 is 0 Å². The molecule has 0 aliphatic heterocycles. The maximum atomic E-state index is 2.39. The van der Waals surface area contributed by atoms with E-state index in [0.29, 0.717) is 0 Å². The molecule has 38 heavy (non-hydrogen) atoms. The molecule has 1 nitrogen and oxygen atoms in total. The molecule has 6 aromatic rings. The van der Waals surface area contributed by atoms with Crippen molar-refractivity contribution in [3.63, 3.8) is 0 Å². The first-order valence-electron chi connectivity index (χ1n) is 13.2. The molecule has 0 N–H and O–H groups in total. The monoisotopic (exact) mass is 485 g/mol. The highest BCUT2D eigenvalue weighted by Crippen LogP contribution is 2.40. The largest absolute Gasteiger partial charge is 0.309 e. The van der Waals surface area contributed by atoms with Crippen molar-refractivity contribution >= 4 is 22.9 Å². The van der Waals surface area contributed by atoms with Gasteiger partial charge in [-0.05, 0) is 69.3 Å². The summed E-state index contributed by atoms with van der Waals surface area (Å²) in [5, 5.41) is 2.52. The van der Waals surface area contributed by atoms with Gasteiger partial charge in [0.25, 0.3) is 0 Å². The zero-order chi connectivity index (χ0) is 25.3. The standard InChI is InChI=1S/C37H27N/c1-5-14-28(15-6-1)36-25-26-37(38(36)29-17-7-3-8-18-29)35-24-23-34(32-20-10-11-21-33(32)35)31-22-12-16-27-13-4-2-9-19-30(27)31/h1,3-26H,2H2. The lowest BCUT2D eigenvalue weighted by atomic mass is 9.89. The number of aromatic nitrogens is 1. The molecule has 1 heteroatoms. The molecule has 0 saturated heterocycles. The van der Waals surface area contributed by atoms with Gasteiger partial charge in [0.15, 0.2) is 0 Å². The minimum atomic E-state index is 0.966. The number of para-hydroxylation sites is 1. The van der Waals surface area contributed by atoms with Crippen molar-refractivity contribution in [1.29, 1.82) is 0 Å². The maximum absolute atomic E-state index is 2.39. The second kappa shape index (κ2) is 9.53. The van der Waals surface area contributed by atoms with E-state index in [-0.39, 0.29) is 0 Å². The van der Waals surface area contributed by atoms with Gasteiger partial charge in [-0.1, -0.05) is 127 Å². The summed E-state index contributed by atoms with van der Waals surface area (Å²) >= 11 is 0. The Balaban J connectivity index is 1.48. The van der Waals surface area contributed by atoms with E-state index in [2.05, 4.69) is 156 Å². The van der Waals surface area contributed by atoms with Crippen molar-refractivity contribution in [2.24, 2.45) is 0 Å². The highest BCUT2D eigenvalue weighted by Gasteiger charge is 2.18. The highest BCUT2D eigenvalue weighted by atomic mass is 15.0. The fourth-order valence-electron chi connectivity index (χ4n) is 5.70. The Morgan fingerprint density at radius 1 is 0.447 bits per heavy atom. The van der Waals surface area contributed by atoms with Crippen LogP contribution in [0.3, 0.4) is 0 Å². The lowest BCUT2D eigenvalue weighted by Crippen LogP contribution is -2.00. The second-order valence-corrected chi connectivity index (χ2v) is 9.70. The van der Waals surface area contributed by atoms with Crippen LogP contribution in [0.5, 0.6) is 0 Å². The van der Waals surface area contributed by atoms with Gasteiger partial charge < -0.3 is 4.57 Å². The van der Waals surface area contributed by atoms with Crippen molar-refractivity contribution < 1.29 is 0 Å². The summed E-state index contributed by atoms with van der Waals surface area (Å²) in [5.74, 6) is 0. The van der Waals surface area contributed by atoms with E-state index in [1.54, 1.807) is 0 Å². The number of hydrogen-bond acceptors (Lipinski definition) is 0. The van der Waals surface area contributed by atoms with Gasteiger partial charge in [-0.2, -0.15) is 0 Å². The van der Waals surface area contributed by atoms with Crippen LogP contribution in [0.25, 0.3) is 62.3 Å². The molecule has 0 spiro atoms. The van der Waals surface area contributed by atoms with Crippen LogP contribution in [0.15, 0.2) is 140 Å². The second-order valence-electron chi connectivity index (χ2n) is 9.70. The van der Waals surface area contributed by atoms with Crippen LogP contribution in [-0.2, 0) is 0 Å². The van der Waals surface area contributed by atoms with Gasteiger partial charge in [0.2, 0.25) is 0 Å². The molecule has 1 heterocycles. The zero-order valence-corrected chi connectivity index (χ0v) is 21.1. The van der Waals surface area contributed by atoms with Gasteiger partial charge in [0, 0.05) is 11.3 Å². The minimum absolute atomic E-state index is 0.966. The predicted molar refractivity (Wildman–Crippen MR) is 162 cm³/mol. The first-order valence-corrected chi connectivity index (χ1v) is 13.2. The number of hydrogen-bond donors (Lipinski definition) is 0. The molecule has 0 unspecified atom stereocenters. The number of fused-ring (bicyclic) bond motifs is 2. The van der Waals surface area contributed by atoms with Gasteiger partial charge in [-0.25, -0.2) is 0 Å². The molecule has 5 aromatic carbocycles. The molecule has 0 radical (unpaired) electrons. The molecular formula is C37H27N. The number of allylic oxidation sites excluding steroid dienone is 2. The van der Waals surface area contributed by atoms with E-state index in [1.165, 1.54) is 55.5 Å². The van der Waals surface area contributed by atoms with E-state index >= 15 is 0 Å². The Morgan fingerprint density at radius 2 is 1.11 bits per heavy atom. The Bertz CT molecular complexity index is 1820. The van der Waals surface area contributed by atoms with Crippen LogP contribution in [0.2, 0.25) is 0 Å². The highest BCUT2D eigenvalue weighted by molar-refractivity contribution is 6.06. The average molecular weight is 486 g/mol. The van der Waals surface area contributed by atoms with Crippen molar-refractivity contribution in [3.05, 3.63) is 151 Å². The molecule has 0 atom stereocenters. The Labute approximate surface area is 223 Å². The summed E-state index contributed by atoms with van der Waals surface area (Å²) in [6.45, 7) is 0. The summed E-state index contributed by atoms with van der Waals surface area (Å²) in [6, 6.07) is 45.9. The predicted octanol–water partition coefficient (Wildman–Crippen LogP) is 10.1. The smallest absolute Gasteiger partial charge is 0.0541 e. The Morgan fingerprint density at radius 3 is 1.92 bits per heavy atom. The third-order valence-electron chi connectivity index (χ3n) is 7.45. The van der Waals surface area contributed by atoms with Gasteiger partial charge in [-0.3, -0.25) is 0 Å². The molecule has 1 aliphatic carbocycles. The fraction of sp³-hybridized carbons (Fsp3) is 0.0270. The fourth-order valence-corrected chi connectivity index (χ4v) is 5.70. The quantitative estimate of drug-likeness (QED) is 0.234. The summed E-state index contributed by atoms with van der Waals surface area (Å²) in [4.78, 5) is 0. The number of nitrogens with zero attached hydrogens (tertiary/aromatic N) is 1. The topological polar surface area (TPSA) is 4.93 Å². The lowest BCUT2D eigenvalue weighted by molar-refractivity contribution is 1.10. The Hall–Kier alpha value is -4.88. The van der Waals surface area contributed by atoms with Gasteiger partial charge in [0.05, 0.1) is 11.4 Å². The zero-order valence-electron chi connectivity index (χ0n) is 21.1. The molecule has 0 fully saturated rings. The first kappa shape index (κ1) is 22.3. The molecule has 1 aliphatic rings. The summed E-state index contributed by atoms with van der Waals surface area (Å²) in [5.41, 5.74) is 11.1. The van der Waals surface area contributed by atoms with Crippen molar-refractivity contribution in [3.8, 4) is 39.3 Å². The van der Waals surface area contributed by atoms with E-state index < -0.39 is 0 Å². The molecule has 180 valence electrons. The summed E-state index contributed by atoms with van der Waals surface area (Å²) in [6.07, 6.45) is 9.97. The van der Waals surface area contributed by atoms with Crippen molar-refractivity contribution in [2.75, 3.05) is 0 Å². The number of benzene rings is 5. The average Bonchev–Trinajstić information content (AvgIpc) is 3.28. The normalized spacial score (nSPS) is 12.4. The molecular weight excluding hydrogens is 458 g/mol. The van der Waals surface area contributed by atoms with Gasteiger partial charge in [0.1, 0.15) is 0 Å². The third kappa shape index (κ3) is 3.81. The molecule has 0 bridgehead atoms. The van der Waals surface area contributed by atoms with E-state index in [4.69, 9.17) is 0 Å². The summed E-state index contributed by atoms with van der Waals surface area (Å²) in [7, 11) is 0. The third-order valence-corrected chi connectivity index (χ3v) is 7.45. The van der Waals surface area contributed by atoms with Gasteiger partial charge in [-0.15, -0.1) is 0 Å². The molecule has 0 amide bonds. The maximum Gasteiger partial charge on any atom is 0.0541 e. The van der Waals surface area contributed by atoms with E-state index in [0.717, 1.165) is 12.1 Å². The Kier molecular flexibility index (Phi) is 5.60. The number of rotatable bonds is 4. The first-order chi connectivity index (χ1) is 18.9.